The lowest BCUT2D eigenvalue weighted by Crippen LogP contribution is -2.25. The first kappa shape index (κ1) is 20.3. The molecule has 0 radical (unpaired) electrons. The molecule has 0 aromatic heterocycles. The summed E-state index contributed by atoms with van der Waals surface area (Å²) in [4.78, 5) is 0. The van der Waals surface area contributed by atoms with Crippen molar-refractivity contribution < 1.29 is 18.9 Å². The zero-order valence-corrected chi connectivity index (χ0v) is 16.7. The summed E-state index contributed by atoms with van der Waals surface area (Å²) in [5, 5.41) is 0. The molecular weight excluding hydrogens is 288 g/mol. The summed E-state index contributed by atoms with van der Waals surface area (Å²) in [5.74, 6) is 0.253. The van der Waals surface area contributed by atoms with E-state index in [0.29, 0.717) is 0 Å². The molecule has 0 aliphatic carbocycles. The molecule has 0 aromatic carbocycles. The summed E-state index contributed by atoms with van der Waals surface area (Å²) in [6.07, 6.45) is 2.61. The van der Waals surface area contributed by atoms with Crippen molar-refractivity contribution >= 4 is 19.0 Å². The van der Waals surface area contributed by atoms with Gasteiger partial charge < -0.3 is 18.9 Å². The number of ether oxygens (including phenoxy) is 4. The fraction of sp³-hybridized carbons (Fsp3) is 1.00. The van der Waals surface area contributed by atoms with Gasteiger partial charge in [-0.15, -0.1) is 0 Å². The van der Waals surface area contributed by atoms with E-state index in [1.54, 1.807) is 0 Å². The summed E-state index contributed by atoms with van der Waals surface area (Å²) >= 11 is 0. The Morgan fingerprint density at radius 1 is 0.600 bits per heavy atom. The van der Waals surface area contributed by atoms with Crippen LogP contribution in [0.5, 0.6) is 0 Å². The van der Waals surface area contributed by atoms with E-state index in [9.17, 15) is 0 Å². The van der Waals surface area contributed by atoms with Crippen LogP contribution in [0.1, 0.15) is 40.5 Å². The van der Waals surface area contributed by atoms with Crippen molar-refractivity contribution in [1.82, 2.24) is 0 Å². The van der Waals surface area contributed by atoms with Gasteiger partial charge in [0.15, 0.2) is 0 Å². The maximum atomic E-state index is 5.60. The van der Waals surface area contributed by atoms with Crippen molar-refractivity contribution in [2.45, 2.75) is 64.5 Å². The Kier molecular flexibility index (Phi) is 15.9. The minimum Gasteiger partial charge on any atom is -0.357 e. The lowest BCUT2D eigenvalue weighted by atomic mass is 10.4. The minimum absolute atomic E-state index is 0.127. The smallest absolute Gasteiger partial charge is 0.134 e. The molecule has 0 saturated heterocycles. The van der Waals surface area contributed by atoms with Gasteiger partial charge in [-0.05, 0) is 27.7 Å². The fourth-order valence-corrected chi connectivity index (χ4v) is 5.71. The average molecular weight is 323 g/mol. The predicted molar refractivity (Wildman–Crippen MR) is 90.0 cm³/mol. The monoisotopic (exact) mass is 322 g/mol. The SMILES string of the molecule is CCOC(OCC)[SiH2]CCCC[SiH2]C(OCC)OCC. The summed E-state index contributed by atoms with van der Waals surface area (Å²) < 4.78 is 22.4. The second-order valence-electron chi connectivity index (χ2n) is 4.67. The lowest BCUT2D eigenvalue weighted by Gasteiger charge is -2.17. The van der Waals surface area contributed by atoms with E-state index in [0.717, 1.165) is 26.4 Å². The van der Waals surface area contributed by atoms with E-state index in [1.807, 2.05) is 27.7 Å². The minimum atomic E-state index is -0.255. The largest absolute Gasteiger partial charge is 0.357 e. The number of hydrogen-bond donors (Lipinski definition) is 0. The van der Waals surface area contributed by atoms with Gasteiger partial charge in [0, 0.05) is 26.4 Å². The van der Waals surface area contributed by atoms with Gasteiger partial charge in [0.1, 0.15) is 11.8 Å². The van der Waals surface area contributed by atoms with Crippen molar-refractivity contribution in [3.63, 3.8) is 0 Å². The Morgan fingerprint density at radius 3 is 1.15 bits per heavy atom. The third-order valence-electron chi connectivity index (χ3n) is 3.04. The number of rotatable bonds is 15. The maximum Gasteiger partial charge on any atom is 0.134 e. The highest BCUT2D eigenvalue weighted by Gasteiger charge is 2.09. The quantitative estimate of drug-likeness (QED) is 0.261. The van der Waals surface area contributed by atoms with Gasteiger partial charge in [0.25, 0.3) is 0 Å². The molecule has 0 atom stereocenters. The zero-order valence-electron chi connectivity index (χ0n) is 13.9. The predicted octanol–water partition coefficient (Wildman–Crippen LogP) is 1.65. The molecule has 6 heteroatoms. The Morgan fingerprint density at radius 2 is 0.900 bits per heavy atom. The summed E-state index contributed by atoms with van der Waals surface area (Å²) in [6.45, 7) is 11.2. The van der Waals surface area contributed by atoms with Crippen molar-refractivity contribution in [2.75, 3.05) is 26.4 Å². The van der Waals surface area contributed by atoms with Gasteiger partial charge in [0.05, 0.1) is 19.0 Å². The third-order valence-corrected chi connectivity index (χ3v) is 6.74. The second-order valence-corrected chi connectivity index (χ2v) is 8.57. The van der Waals surface area contributed by atoms with Crippen LogP contribution in [0, 0.1) is 0 Å². The van der Waals surface area contributed by atoms with Crippen molar-refractivity contribution in [3.05, 3.63) is 0 Å². The van der Waals surface area contributed by atoms with E-state index in [2.05, 4.69) is 0 Å². The normalized spacial score (nSPS) is 12.9. The number of hydrogen-bond acceptors (Lipinski definition) is 4. The highest BCUT2D eigenvalue weighted by atomic mass is 28.2. The fourth-order valence-electron chi connectivity index (χ4n) is 2.15. The third kappa shape index (κ3) is 12.0. The van der Waals surface area contributed by atoms with Crippen LogP contribution in [0.4, 0.5) is 0 Å². The molecular formula is C14H34O4Si2. The molecule has 0 N–H and O–H groups in total. The molecule has 0 bridgehead atoms. The summed E-state index contributed by atoms with van der Waals surface area (Å²) in [6, 6.07) is 2.63. The Hall–Kier alpha value is 0.274. The summed E-state index contributed by atoms with van der Waals surface area (Å²) in [7, 11) is -0.510. The molecule has 0 aliphatic rings. The first-order valence-corrected chi connectivity index (χ1v) is 11.9. The van der Waals surface area contributed by atoms with Gasteiger partial charge in [-0.25, -0.2) is 0 Å². The van der Waals surface area contributed by atoms with Crippen molar-refractivity contribution in [2.24, 2.45) is 0 Å². The van der Waals surface area contributed by atoms with E-state index in [1.165, 1.54) is 24.9 Å². The molecule has 20 heavy (non-hydrogen) atoms. The van der Waals surface area contributed by atoms with Crippen LogP contribution < -0.4 is 0 Å². The summed E-state index contributed by atoms with van der Waals surface area (Å²) in [5.41, 5.74) is 0. The Bertz CT molecular complexity index is 164. The van der Waals surface area contributed by atoms with Crippen LogP contribution in [-0.2, 0) is 18.9 Å². The molecule has 0 amide bonds. The molecule has 122 valence electrons. The molecule has 0 heterocycles. The van der Waals surface area contributed by atoms with Crippen molar-refractivity contribution in [1.29, 1.82) is 0 Å². The molecule has 0 spiro atoms. The molecule has 0 aromatic rings. The first-order valence-electron chi connectivity index (χ1n) is 8.24. The van der Waals surface area contributed by atoms with Gasteiger partial charge in [-0.1, -0.05) is 24.9 Å². The first-order chi connectivity index (χ1) is 9.78. The van der Waals surface area contributed by atoms with Crippen LogP contribution in [0.25, 0.3) is 0 Å². The topological polar surface area (TPSA) is 36.9 Å². The molecule has 4 nitrogen and oxygen atoms in total. The van der Waals surface area contributed by atoms with E-state index in [4.69, 9.17) is 18.9 Å². The molecule has 0 fully saturated rings. The van der Waals surface area contributed by atoms with Gasteiger partial charge in [-0.3, -0.25) is 0 Å². The molecule has 0 rings (SSSR count). The van der Waals surface area contributed by atoms with Gasteiger partial charge >= 0.3 is 0 Å². The van der Waals surface area contributed by atoms with Crippen molar-refractivity contribution in [3.8, 4) is 0 Å². The van der Waals surface area contributed by atoms with E-state index < -0.39 is 0 Å². The highest BCUT2D eigenvalue weighted by molar-refractivity contribution is 6.37. The molecule has 0 unspecified atom stereocenters. The van der Waals surface area contributed by atoms with Crippen LogP contribution in [-0.4, -0.2) is 57.3 Å². The van der Waals surface area contributed by atoms with Gasteiger partial charge in [-0.2, -0.15) is 0 Å². The standard InChI is InChI=1S/C14H34O4Si2/c1-5-15-13(16-6-2)19-11-9-10-12-20-14(17-7-3)18-8-4/h13-14H,5-12,19-20H2,1-4H3. The zero-order chi connectivity index (χ0) is 15.1. The van der Waals surface area contributed by atoms with E-state index >= 15 is 0 Å². The highest BCUT2D eigenvalue weighted by Crippen LogP contribution is 2.06. The van der Waals surface area contributed by atoms with Crippen LogP contribution in [0.2, 0.25) is 12.1 Å². The second kappa shape index (κ2) is 15.7. The van der Waals surface area contributed by atoms with E-state index in [-0.39, 0.29) is 30.9 Å². The average Bonchev–Trinajstić information content (AvgIpc) is 2.43. The Labute approximate surface area is 129 Å². The maximum absolute atomic E-state index is 5.60. The van der Waals surface area contributed by atoms with Gasteiger partial charge in [0.2, 0.25) is 0 Å². The van der Waals surface area contributed by atoms with Crippen LogP contribution in [0.15, 0.2) is 0 Å². The number of unbranched alkanes of at least 4 members (excludes halogenated alkanes) is 1. The van der Waals surface area contributed by atoms with Crippen LogP contribution in [0.3, 0.4) is 0 Å². The van der Waals surface area contributed by atoms with Crippen LogP contribution >= 0.6 is 0 Å². The lowest BCUT2D eigenvalue weighted by molar-refractivity contribution is -0.0832. The molecule has 0 aliphatic heterocycles. The molecule has 0 saturated carbocycles. The Balaban J connectivity index is 3.53.